The summed E-state index contributed by atoms with van der Waals surface area (Å²) in [5.41, 5.74) is 5.75. The van der Waals surface area contributed by atoms with Crippen molar-refractivity contribution in [1.82, 2.24) is 5.16 Å². The van der Waals surface area contributed by atoms with Crippen LogP contribution in [0.1, 0.15) is 124 Å². The molecule has 0 spiro atoms. The number of carboxylic acid groups (broad SMARTS) is 1. The molecule has 5 nitrogen and oxygen atoms in total. The molecule has 2 saturated carbocycles. The number of Topliss-reactive ketones (excluding diaryl/α,β-unsaturated/α-hetero) is 1. The molecule has 2 aliphatic rings. The van der Waals surface area contributed by atoms with Gasteiger partial charge in [0.25, 0.3) is 0 Å². The Kier molecular flexibility index (Phi) is 7.54. The molecule has 5 heteroatoms. The summed E-state index contributed by atoms with van der Waals surface area (Å²) in [5.74, 6) is 1.70. The van der Waals surface area contributed by atoms with E-state index in [4.69, 9.17) is 4.52 Å². The van der Waals surface area contributed by atoms with Crippen molar-refractivity contribution in [2.24, 2.45) is 11.3 Å². The molecule has 0 amide bonds. The zero-order chi connectivity index (χ0) is 25.3. The Bertz CT molecular complexity index is 1070. The Morgan fingerprint density at radius 1 is 1.14 bits per heavy atom. The van der Waals surface area contributed by atoms with Crippen LogP contribution in [0.4, 0.5) is 0 Å². The Morgan fingerprint density at radius 3 is 2.46 bits per heavy atom. The van der Waals surface area contributed by atoms with Gasteiger partial charge in [-0.2, -0.15) is 0 Å². The van der Waals surface area contributed by atoms with Gasteiger partial charge in [0, 0.05) is 36.7 Å². The van der Waals surface area contributed by atoms with E-state index >= 15 is 0 Å². The Labute approximate surface area is 209 Å². The van der Waals surface area contributed by atoms with E-state index in [1.54, 1.807) is 0 Å². The number of benzene rings is 1. The molecular weight excluding hydrogens is 438 g/mol. The van der Waals surface area contributed by atoms with Gasteiger partial charge in [0.15, 0.2) is 0 Å². The molecule has 2 fully saturated rings. The van der Waals surface area contributed by atoms with Crippen LogP contribution in [-0.2, 0) is 16.0 Å². The van der Waals surface area contributed by atoms with Gasteiger partial charge >= 0.3 is 5.97 Å². The lowest BCUT2D eigenvalue weighted by Gasteiger charge is -2.38. The number of aryl methyl sites for hydroxylation is 2. The summed E-state index contributed by atoms with van der Waals surface area (Å²) in [6.07, 6.45) is 6.87. The van der Waals surface area contributed by atoms with E-state index < -0.39 is 5.97 Å². The Balaban J connectivity index is 1.51. The second-order valence-corrected chi connectivity index (χ2v) is 12.4. The molecular formula is C30H41NO4. The van der Waals surface area contributed by atoms with Crippen molar-refractivity contribution in [1.29, 1.82) is 0 Å². The molecule has 1 N–H and O–H groups in total. The molecule has 0 unspecified atom stereocenters. The van der Waals surface area contributed by atoms with Gasteiger partial charge in [-0.1, -0.05) is 49.7 Å². The molecule has 1 heterocycles. The first kappa shape index (κ1) is 25.7. The minimum atomic E-state index is -0.836. The van der Waals surface area contributed by atoms with Gasteiger partial charge in [0.05, 0.1) is 5.69 Å². The van der Waals surface area contributed by atoms with Crippen LogP contribution in [0.3, 0.4) is 0 Å². The largest absolute Gasteiger partial charge is 0.481 e. The third kappa shape index (κ3) is 6.62. The lowest BCUT2D eigenvalue weighted by molar-refractivity contribution is -0.137. The lowest BCUT2D eigenvalue weighted by atomic mass is 9.66. The number of hydrogen-bond donors (Lipinski definition) is 1. The van der Waals surface area contributed by atoms with Crippen LogP contribution in [0.25, 0.3) is 0 Å². The third-order valence-electron chi connectivity index (χ3n) is 7.73. The Hall–Kier alpha value is -2.43. The monoisotopic (exact) mass is 479 g/mol. The molecule has 35 heavy (non-hydrogen) atoms. The summed E-state index contributed by atoms with van der Waals surface area (Å²) in [5, 5.41) is 13.9. The number of carbonyl (C=O) groups excluding carboxylic acids is 1. The number of aromatic nitrogens is 1. The molecule has 2 aromatic rings. The van der Waals surface area contributed by atoms with Gasteiger partial charge in [0.1, 0.15) is 11.5 Å². The quantitative estimate of drug-likeness (QED) is 0.367. The van der Waals surface area contributed by atoms with Crippen molar-refractivity contribution in [3.8, 4) is 0 Å². The van der Waals surface area contributed by atoms with Gasteiger partial charge in [0.2, 0.25) is 0 Å². The van der Waals surface area contributed by atoms with E-state index in [1.807, 2.05) is 19.1 Å². The summed E-state index contributed by atoms with van der Waals surface area (Å²) in [4.78, 5) is 24.6. The molecule has 1 aromatic heterocycles. The van der Waals surface area contributed by atoms with Crippen molar-refractivity contribution in [3.63, 3.8) is 0 Å². The number of carbonyl (C=O) groups is 2. The molecule has 4 rings (SSSR count). The van der Waals surface area contributed by atoms with Gasteiger partial charge in [-0.3, -0.25) is 9.59 Å². The standard InChI is InChI=1S/C30H41NO4/c1-18-6-7-22(19(2)12-18)15-25(32)16-23(10-11-26(33)34)28-27(21-8-9-21)29(35-31-28)24-13-20(14-24)17-30(3,4)5/h6-7,12,20-21,23-24H,8-11,13-17H2,1-5H3,(H,33,34)/t20?,23-,24?/m0/s1. The fourth-order valence-corrected chi connectivity index (χ4v) is 5.91. The average Bonchev–Trinajstić information content (AvgIpc) is 3.47. The molecule has 190 valence electrons. The fraction of sp³-hybridized carbons (Fsp3) is 0.633. The third-order valence-corrected chi connectivity index (χ3v) is 7.73. The zero-order valence-corrected chi connectivity index (χ0v) is 22.0. The first-order chi connectivity index (χ1) is 16.5. The number of carboxylic acids is 1. The SMILES string of the molecule is Cc1ccc(CC(=O)C[C@H](CCC(=O)O)c2noc(C3CC(CC(C)(C)C)C3)c2C2CC2)c(C)c1. The van der Waals surface area contributed by atoms with Crippen LogP contribution < -0.4 is 0 Å². The highest BCUT2D eigenvalue weighted by Crippen LogP contribution is 2.53. The average molecular weight is 480 g/mol. The summed E-state index contributed by atoms with van der Waals surface area (Å²) in [6.45, 7) is 11.0. The number of nitrogens with zero attached hydrogens (tertiary/aromatic N) is 1. The molecule has 0 aliphatic heterocycles. The highest BCUT2D eigenvalue weighted by Gasteiger charge is 2.42. The van der Waals surface area contributed by atoms with Gasteiger partial charge in [-0.05, 0) is 80.8 Å². The van der Waals surface area contributed by atoms with E-state index in [0.29, 0.717) is 36.5 Å². The first-order valence-corrected chi connectivity index (χ1v) is 13.3. The van der Waals surface area contributed by atoms with Crippen LogP contribution in [0, 0.1) is 25.2 Å². The van der Waals surface area contributed by atoms with Crippen LogP contribution in [-0.4, -0.2) is 22.0 Å². The zero-order valence-electron chi connectivity index (χ0n) is 22.0. The van der Waals surface area contributed by atoms with Crippen molar-refractivity contribution in [2.75, 3.05) is 0 Å². The lowest BCUT2D eigenvalue weighted by Crippen LogP contribution is -2.26. The van der Waals surface area contributed by atoms with E-state index in [2.05, 4.69) is 38.9 Å². The second kappa shape index (κ2) is 10.3. The Morgan fingerprint density at radius 2 is 1.86 bits per heavy atom. The summed E-state index contributed by atoms with van der Waals surface area (Å²) in [7, 11) is 0. The summed E-state index contributed by atoms with van der Waals surface area (Å²) < 4.78 is 5.99. The minimum Gasteiger partial charge on any atom is -0.481 e. The predicted octanol–water partition coefficient (Wildman–Crippen LogP) is 7.25. The second-order valence-electron chi connectivity index (χ2n) is 12.4. The molecule has 0 saturated heterocycles. The smallest absolute Gasteiger partial charge is 0.303 e. The van der Waals surface area contributed by atoms with Gasteiger partial charge in [-0.15, -0.1) is 0 Å². The van der Waals surface area contributed by atoms with Crippen molar-refractivity contribution >= 4 is 11.8 Å². The molecule has 0 bridgehead atoms. The van der Waals surface area contributed by atoms with Crippen molar-refractivity contribution in [3.05, 3.63) is 51.9 Å². The van der Waals surface area contributed by atoms with Crippen molar-refractivity contribution in [2.45, 2.75) is 110 Å². The van der Waals surface area contributed by atoms with E-state index in [0.717, 1.165) is 54.2 Å². The van der Waals surface area contributed by atoms with Crippen LogP contribution in [0.5, 0.6) is 0 Å². The van der Waals surface area contributed by atoms with Crippen molar-refractivity contribution < 1.29 is 19.2 Å². The summed E-state index contributed by atoms with van der Waals surface area (Å²) in [6, 6.07) is 6.17. The number of hydrogen-bond acceptors (Lipinski definition) is 4. The maximum absolute atomic E-state index is 13.2. The number of aliphatic carboxylic acids is 1. The normalized spacial score (nSPS) is 20.9. The highest BCUT2D eigenvalue weighted by molar-refractivity contribution is 5.82. The fourth-order valence-electron chi connectivity index (χ4n) is 5.91. The van der Waals surface area contributed by atoms with Crippen LogP contribution in [0.15, 0.2) is 22.7 Å². The minimum absolute atomic E-state index is 0.0326. The maximum atomic E-state index is 13.2. The highest BCUT2D eigenvalue weighted by atomic mass is 16.5. The van der Waals surface area contributed by atoms with E-state index in [-0.39, 0.29) is 18.1 Å². The van der Waals surface area contributed by atoms with Gasteiger partial charge < -0.3 is 9.63 Å². The first-order valence-electron chi connectivity index (χ1n) is 13.3. The maximum Gasteiger partial charge on any atom is 0.303 e. The van der Waals surface area contributed by atoms with E-state index in [1.165, 1.54) is 17.5 Å². The number of ketones is 1. The van der Waals surface area contributed by atoms with E-state index in [9.17, 15) is 14.7 Å². The molecule has 1 atom stereocenters. The summed E-state index contributed by atoms with van der Waals surface area (Å²) >= 11 is 0. The predicted molar refractivity (Wildman–Crippen MR) is 137 cm³/mol. The number of rotatable bonds is 11. The van der Waals surface area contributed by atoms with Gasteiger partial charge in [-0.25, -0.2) is 0 Å². The van der Waals surface area contributed by atoms with Crippen LogP contribution >= 0.6 is 0 Å². The van der Waals surface area contributed by atoms with Crippen LogP contribution in [0.2, 0.25) is 0 Å². The molecule has 2 aliphatic carbocycles. The molecule has 1 aromatic carbocycles. The topological polar surface area (TPSA) is 80.4 Å². The molecule has 0 radical (unpaired) electrons.